The third-order valence-corrected chi connectivity index (χ3v) is 7.13. The first kappa shape index (κ1) is 19.5. The molecule has 3 saturated heterocycles. The van der Waals surface area contributed by atoms with Gasteiger partial charge in [-0.25, -0.2) is 4.39 Å². The van der Waals surface area contributed by atoms with Crippen LogP contribution in [0.5, 0.6) is 5.75 Å². The van der Waals surface area contributed by atoms with Crippen LogP contribution in [0.2, 0.25) is 0 Å². The Morgan fingerprint density at radius 3 is 2.73 bits per heavy atom. The number of halogens is 1. The number of methoxy groups -OCH3 is 1. The van der Waals surface area contributed by atoms with Crippen molar-refractivity contribution in [1.29, 1.82) is 0 Å². The number of likely N-dealkylation sites (tertiary alicyclic amines) is 1. The Morgan fingerprint density at radius 1 is 1.13 bits per heavy atom. The number of carbonyl (C=O) groups is 1. The van der Waals surface area contributed by atoms with E-state index in [2.05, 4.69) is 34.1 Å². The van der Waals surface area contributed by atoms with Gasteiger partial charge in [-0.2, -0.15) is 0 Å². The Hall–Kier alpha value is -2.47. The van der Waals surface area contributed by atoms with E-state index in [1.54, 1.807) is 7.11 Å². The summed E-state index contributed by atoms with van der Waals surface area (Å²) in [6, 6.07) is 10.7. The first-order valence-corrected chi connectivity index (χ1v) is 10.9. The van der Waals surface area contributed by atoms with E-state index in [1.165, 1.54) is 43.5 Å². The average Bonchev–Trinajstić information content (AvgIpc) is 2.78. The molecule has 2 bridgehead atoms. The van der Waals surface area contributed by atoms with Crippen LogP contribution in [0.1, 0.15) is 47.6 Å². The lowest BCUT2D eigenvalue weighted by molar-refractivity contribution is -0.0511. The summed E-state index contributed by atoms with van der Waals surface area (Å²) in [4.78, 5) is 21.5. The Balaban J connectivity index is 1.34. The predicted molar refractivity (Wildman–Crippen MR) is 112 cm³/mol. The minimum absolute atomic E-state index is 0.0901. The van der Waals surface area contributed by atoms with E-state index in [0.29, 0.717) is 29.5 Å². The summed E-state index contributed by atoms with van der Waals surface area (Å²) in [6.45, 7) is 2.51. The summed E-state index contributed by atoms with van der Waals surface area (Å²) in [5, 5.41) is 0. The van der Waals surface area contributed by atoms with Crippen molar-refractivity contribution >= 4 is 5.91 Å². The number of amides is 1. The number of rotatable bonds is 3. The van der Waals surface area contributed by atoms with Crippen molar-refractivity contribution in [3.63, 3.8) is 0 Å². The van der Waals surface area contributed by atoms with Crippen LogP contribution >= 0.6 is 0 Å². The van der Waals surface area contributed by atoms with Crippen LogP contribution in [0.15, 0.2) is 42.7 Å². The first-order valence-electron chi connectivity index (χ1n) is 10.9. The van der Waals surface area contributed by atoms with E-state index in [9.17, 15) is 9.18 Å². The highest BCUT2D eigenvalue weighted by Gasteiger charge is 2.45. The molecule has 0 aliphatic carbocycles. The monoisotopic (exact) mass is 409 g/mol. The minimum atomic E-state index is -0.459. The molecular weight excluding hydrogens is 381 g/mol. The lowest BCUT2D eigenvalue weighted by atomic mass is 9.74. The Kier molecular flexibility index (Phi) is 5.19. The minimum Gasteiger partial charge on any atom is -0.497 e. The van der Waals surface area contributed by atoms with E-state index in [0.717, 1.165) is 31.6 Å². The van der Waals surface area contributed by atoms with Gasteiger partial charge in [0.2, 0.25) is 0 Å². The molecule has 3 aliphatic heterocycles. The number of carbonyl (C=O) groups excluding carboxylic acids is 1. The van der Waals surface area contributed by atoms with Gasteiger partial charge < -0.3 is 9.64 Å². The van der Waals surface area contributed by atoms with Crippen LogP contribution < -0.4 is 4.74 Å². The van der Waals surface area contributed by atoms with Crippen LogP contribution in [0.25, 0.3) is 0 Å². The molecule has 1 aromatic carbocycles. The summed E-state index contributed by atoms with van der Waals surface area (Å²) in [5.41, 5.74) is 1.71. The van der Waals surface area contributed by atoms with Gasteiger partial charge >= 0.3 is 0 Å². The zero-order valence-corrected chi connectivity index (χ0v) is 17.3. The van der Waals surface area contributed by atoms with Crippen LogP contribution in [0, 0.1) is 17.7 Å². The van der Waals surface area contributed by atoms with E-state index in [4.69, 9.17) is 4.74 Å². The standard InChI is InChI=1S/C24H28FN3O2/c1-30-21-7-5-17(6-8-21)22-3-2-4-23-19-9-16(14-28(22)23)13-27(15-19)24(29)18-10-20(25)12-26-11-18/h5-8,10-12,16,19,22-23H,2-4,9,13-15H2,1H3/t16-,19+,22+,23-/m0/s1. The number of aromatic nitrogens is 1. The smallest absolute Gasteiger partial charge is 0.255 e. The summed E-state index contributed by atoms with van der Waals surface area (Å²) in [7, 11) is 1.70. The van der Waals surface area contributed by atoms with Gasteiger partial charge in [-0.3, -0.25) is 14.7 Å². The molecule has 0 radical (unpaired) electrons. The second kappa shape index (κ2) is 7.99. The quantitative estimate of drug-likeness (QED) is 0.771. The number of ether oxygens (including phenoxy) is 1. The highest BCUT2D eigenvalue weighted by atomic mass is 19.1. The molecule has 0 spiro atoms. The molecule has 0 saturated carbocycles. The van der Waals surface area contributed by atoms with Crippen molar-refractivity contribution in [2.24, 2.45) is 11.8 Å². The van der Waals surface area contributed by atoms with Crippen LogP contribution in [0.4, 0.5) is 4.39 Å². The fourth-order valence-electron chi connectivity index (χ4n) is 5.87. The molecule has 1 amide bonds. The fourth-order valence-corrected chi connectivity index (χ4v) is 5.87. The molecule has 30 heavy (non-hydrogen) atoms. The third-order valence-electron chi connectivity index (χ3n) is 7.13. The second-order valence-corrected chi connectivity index (χ2v) is 8.95. The number of piperidine rings is 3. The lowest BCUT2D eigenvalue weighted by Gasteiger charge is -2.55. The van der Waals surface area contributed by atoms with E-state index < -0.39 is 5.82 Å². The highest BCUT2D eigenvalue weighted by Crippen LogP contribution is 2.44. The number of nitrogens with zero attached hydrogens (tertiary/aromatic N) is 3. The van der Waals surface area contributed by atoms with Crippen molar-refractivity contribution < 1.29 is 13.9 Å². The summed E-state index contributed by atoms with van der Waals surface area (Å²) in [6.07, 6.45) is 7.37. The van der Waals surface area contributed by atoms with Crippen molar-refractivity contribution in [2.75, 3.05) is 26.7 Å². The third kappa shape index (κ3) is 3.58. The van der Waals surface area contributed by atoms with Gasteiger partial charge in [-0.1, -0.05) is 12.1 Å². The molecule has 6 heteroatoms. The van der Waals surface area contributed by atoms with Crippen LogP contribution in [0.3, 0.4) is 0 Å². The molecule has 0 N–H and O–H groups in total. The van der Waals surface area contributed by atoms with Crippen molar-refractivity contribution in [3.05, 3.63) is 59.7 Å². The molecule has 4 heterocycles. The maximum Gasteiger partial charge on any atom is 0.255 e. The van der Waals surface area contributed by atoms with Gasteiger partial charge in [0, 0.05) is 37.9 Å². The molecule has 5 nitrogen and oxygen atoms in total. The molecule has 0 unspecified atom stereocenters. The fraction of sp³-hybridized carbons (Fsp3) is 0.500. The van der Waals surface area contributed by atoms with E-state index in [1.807, 2.05) is 4.90 Å². The van der Waals surface area contributed by atoms with Gasteiger partial charge in [-0.05, 0) is 61.3 Å². The van der Waals surface area contributed by atoms with E-state index >= 15 is 0 Å². The highest BCUT2D eigenvalue weighted by molar-refractivity contribution is 5.94. The first-order chi connectivity index (χ1) is 14.6. The largest absolute Gasteiger partial charge is 0.497 e. The molecular formula is C24H28FN3O2. The average molecular weight is 410 g/mol. The zero-order valence-electron chi connectivity index (χ0n) is 17.3. The molecule has 4 atom stereocenters. The summed E-state index contributed by atoms with van der Waals surface area (Å²) >= 11 is 0. The molecule has 1 aromatic heterocycles. The molecule has 3 aliphatic rings. The van der Waals surface area contributed by atoms with Gasteiger partial charge in [0.1, 0.15) is 11.6 Å². The van der Waals surface area contributed by atoms with E-state index in [-0.39, 0.29) is 5.91 Å². The topological polar surface area (TPSA) is 45.7 Å². The number of benzene rings is 1. The summed E-state index contributed by atoms with van der Waals surface area (Å²) < 4.78 is 18.9. The van der Waals surface area contributed by atoms with Gasteiger partial charge in [0.15, 0.2) is 0 Å². The number of fused-ring (bicyclic) bond motifs is 4. The van der Waals surface area contributed by atoms with Crippen LogP contribution in [-0.2, 0) is 0 Å². The second-order valence-electron chi connectivity index (χ2n) is 8.95. The Labute approximate surface area is 176 Å². The molecule has 3 fully saturated rings. The zero-order chi connectivity index (χ0) is 20.7. The molecule has 158 valence electrons. The van der Waals surface area contributed by atoms with Crippen LogP contribution in [-0.4, -0.2) is 53.5 Å². The van der Waals surface area contributed by atoms with Crippen molar-refractivity contribution in [1.82, 2.24) is 14.8 Å². The number of hydrogen-bond acceptors (Lipinski definition) is 4. The van der Waals surface area contributed by atoms with Gasteiger partial charge in [0.25, 0.3) is 5.91 Å². The normalized spacial score (nSPS) is 28.7. The SMILES string of the molecule is COc1ccc([C@H]2CCC[C@H]3[C@@H]4C[C@@H](CN(C(=O)c5cncc(F)c5)C4)CN23)cc1. The maximum absolute atomic E-state index is 13.6. The van der Waals surface area contributed by atoms with Crippen molar-refractivity contribution in [2.45, 2.75) is 37.8 Å². The van der Waals surface area contributed by atoms with Gasteiger partial charge in [-0.15, -0.1) is 0 Å². The number of hydrogen-bond donors (Lipinski definition) is 0. The number of pyridine rings is 1. The Morgan fingerprint density at radius 2 is 1.97 bits per heavy atom. The Bertz CT molecular complexity index is 919. The molecule has 2 aromatic rings. The summed E-state index contributed by atoms with van der Waals surface area (Å²) in [5.74, 6) is 1.28. The van der Waals surface area contributed by atoms with Gasteiger partial charge in [0.05, 0.1) is 18.9 Å². The molecule has 5 rings (SSSR count). The van der Waals surface area contributed by atoms with Crippen molar-refractivity contribution in [3.8, 4) is 5.75 Å². The lowest BCUT2D eigenvalue weighted by Crippen LogP contribution is -2.60. The predicted octanol–water partition coefficient (Wildman–Crippen LogP) is 3.92. The maximum atomic E-state index is 13.6.